The lowest BCUT2D eigenvalue weighted by atomic mass is 9.88. The maximum atomic E-state index is 12.2. The molecule has 1 amide bonds. The number of aliphatic hydroxyl groups is 1. The van der Waals surface area contributed by atoms with Gasteiger partial charge in [-0.2, -0.15) is 0 Å². The number of aliphatic hydroxyl groups excluding tert-OH is 1. The molecule has 0 spiro atoms. The highest BCUT2D eigenvalue weighted by Gasteiger charge is 2.32. The molecule has 2 aliphatic rings. The number of carbonyl (C=O) groups is 1. The summed E-state index contributed by atoms with van der Waals surface area (Å²) in [5.74, 6) is 0.928. The van der Waals surface area contributed by atoms with Gasteiger partial charge in [-0.1, -0.05) is 19.3 Å². The van der Waals surface area contributed by atoms with E-state index in [1.54, 1.807) is 0 Å². The van der Waals surface area contributed by atoms with Gasteiger partial charge in [0.25, 0.3) is 0 Å². The van der Waals surface area contributed by atoms with E-state index >= 15 is 0 Å². The van der Waals surface area contributed by atoms with Crippen LogP contribution in [-0.2, 0) is 4.79 Å². The summed E-state index contributed by atoms with van der Waals surface area (Å²) in [4.78, 5) is 14.2. The molecule has 16 heavy (non-hydrogen) atoms. The van der Waals surface area contributed by atoms with Gasteiger partial charge in [0.05, 0.1) is 6.10 Å². The van der Waals surface area contributed by atoms with Crippen molar-refractivity contribution in [3.05, 3.63) is 0 Å². The second kappa shape index (κ2) is 5.17. The number of likely N-dealkylation sites (tertiary alicyclic amines) is 1. The molecule has 0 bridgehead atoms. The molecule has 3 heteroatoms. The number of nitrogens with zero attached hydrogens (tertiary/aromatic N) is 1. The minimum Gasteiger partial charge on any atom is -0.393 e. The maximum absolute atomic E-state index is 12.2. The Balaban J connectivity index is 1.86. The van der Waals surface area contributed by atoms with Gasteiger partial charge in [-0.15, -0.1) is 0 Å². The zero-order chi connectivity index (χ0) is 11.5. The van der Waals surface area contributed by atoms with E-state index in [4.69, 9.17) is 0 Å². The SMILES string of the molecule is CC(O)C1CCN(C(=O)C2CCCCC2)C1. The van der Waals surface area contributed by atoms with Crippen LogP contribution in [0.1, 0.15) is 45.4 Å². The van der Waals surface area contributed by atoms with Gasteiger partial charge in [0.1, 0.15) is 0 Å². The third-order valence-electron chi connectivity index (χ3n) is 4.17. The van der Waals surface area contributed by atoms with E-state index in [1.165, 1.54) is 19.3 Å². The second-order valence-corrected chi connectivity index (χ2v) is 5.41. The van der Waals surface area contributed by atoms with Gasteiger partial charge in [-0.3, -0.25) is 4.79 Å². The standard InChI is InChI=1S/C13H23NO2/c1-10(15)12-7-8-14(9-12)13(16)11-5-3-2-4-6-11/h10-12,15H,2-9H2,1H3. The molecule has 1 aliphatic carbocycles. The topological polar surface area (TPSA) is 40.5 Å². The van der Waals surface area contributed by atoms with Crippen LogP contribution in [0.2, 0.25) is 0 Å². The number of hydrogen-bond donors (Lipinski definition) is 1. The van der Waals surface area contributed by atoms with Crippen molar-refractivity contribution >= 4 is 5.91 Å². The molecule has 1 saturated heterocycles. The normalized spacial score (nSPS) is 29.4. The van der Waals surface area contributed by atoms with Gasteiger partial charge >= 0.3 is 0 Å². The first-order chi connectivity index (χ1) is 7.68. The van der Waals surface area contributed by atoms with Crippen LogP contribution >= 0.6 is 0 Å². The third kappa shape index (κ3) is 2.57. The highest BCUT2D eigenvalue weighted by molar-refractivity contribution is 5.79. The highest BCUT2D eigenvalue weighted by Crippen LogP contribution is 2.28. The summed E-state index contributed by atoms with van der Waals surface area (Å²) < 4.78 is 0. The van der Waals surface area contributed by atoms with E-state index in [2.05, 4.69) is 0 Å². The van der Waals surface area contributed by atoms with Crippen molar-refractivity contribution in [1.82, 2.24) is 4.90 Å². The van der Waals surface area contributed by atoms with E-state index in [9.17, 15) is 9.90 Å². The molecular formula is C13H23NO2. The first-order valence-corrected chi connectivity index (χ1v) is 6.65. The summed E-state index contributed by atoms with van der Waals surface area (Å²) in [5, 5.41) is 9.52. The third-order valence-corrected chi connectivity index (χ3v) is 4.17. The van der Waals surface area contributed by atoms with Crippen LogP contribution in [0.5, 0.6) is 0 Å². The molecule has 2 atom stereocenters. The number of carbonyl (C=O) groups excluding carboxylic acids is 1. The van der Waals surface area contributed by atoms with Crippen molar-refractivity contribution in [2.24, 2.45) is 11.8 Å². The van der Waals surface area contributed by atoms with Crippen molar-refractivity contribution in [3.63, 3.8) is 0 Å². The van der Waals surface area contributed by atoms with E-state index in [1.807, 2.05) is 11.8 Å². The lowest BCUT2D eigenvalue weighted by molar-refractivity contribution is -0.135. The largest absolute Gasteiger partial charge is 0.393 e. The van der Waals surface area contributed by atoms with Crippen molar-refractivity contribution < 1.29 is 9.90 Å². The van der Waals surface area contributed by atoms with Gasteiger partial charge in [-0.25, -0.2) is 0 Å². The van der Waals surface area contributed by atoms with Crippen LogP contribution < -0.4 is 0 Å². The van der Waals surface area contributed by atoms with Gasteiger partial charge < -0.3 is 10.0 Å². The van der Waals surface area contributed by atoms with Crippen LogP contribution in [0.4, 0.5) is 0 Å². The Bertz CT molecular complexity index is 246. The quantitative estimate of drug-likeness (QED) is 0.778. The maximum Gasteiger partial charge on any atom is 0.225 e. The molecule has 0 aromatic carbocycles. The van der Waals surface area contributed by atoms with Crippen molar-refractivity contribution in [2.45, 2.75) is 51.6 Å². The molecule has 0 radical (unpaired) electrons. The molecule has 0 aromatic heterocycles. The summed E-state index contributed by atoms with van der Waals surface area (Å²) in [6.45, 7) is 3.46. The van der Waals surface area contributed by atoms with Crippen molar-refractivity contribution in [1.29, 1.82) is 0 Å². The predicted octanol–water partition coefficient (Wildman–Crippen LogP) is 1.80. The average Bonchev–Trinajstić information content (AvgIpc) is 2.78. The summed E-state index contributed by atoms with van der Waals surface area (Å²) in [5.41, 5.74) is 0. The molecule has 92 valence electrons. The fraction of sp³-hybridized carbons (Fsp3) is 0.923. The minimum atomic E-state index is -0.274. The first kappa shape index (κ1) is 11.9. The molecule has 2 unspecified atom stereocenters. The first-order valence-electron chi connectivity index (χ1n) is 6.65. The van der Waals surface area contributed by atoms with Crippen LogP contribution in [0.15, 0.2) is 0 Å². The molecule has 1 aliphatic heterocycles. The Kier molecular flexibility index (Phi) is 3.85. The van der Waals surface area contributed by atoms with Gasteiger partial charge in [0.2, 0.25) is 5.91 Å². The Hall–Kier alpha value is -0.570. The zero-order valence-electron chi connectivity index (χ0n) is 10.2. The van der Waals surface area contributed by atoms with Crippen LogP contribution in [0, 0.1) is 11.8 Å². The smallest absolute Gasteiger partial charge is 0.225 e. The van der Waals surface area contributed by atoms with Crippen molar-refractivity contribution in [3.8, 4) is 0 Å². The highest BCUT2D eigenvalue weighted by atomic mass is 16.3. The van der Waals surface area contributed by atoms with Crippen LogP contribution in [0.25, 0.3) is 0 Å². The predicted molar refractivity (Wildman–Crippen MR) is 62.9 cm³/mol. The molecule has 2 fully saturated rings. The summed E-state index contributed by atoms with van der Waals surface area (Å²) in [6, 6.07) is 0. The molecule has 1 N–H and O–H groups in total. The van der Waals surface area contributed by atoms with E-state index in [0.717, 1.165) is 32.4 Å². The average molecular weight is 225 g/mol. The van der Waals surface area contributed by atoms with E-state index in [-0.39, 0.29) is 12.0 Å². The fourth-order valence-electron chi connectivity index (χ4n) is 2.99. The second-order valence-electron chi connectivity index (χ2n) is 5.41. The number of amides is 1. The van der Waals surface area contributed by atoms with Crippen molar-refractivity contribution in [2.75, 3.05) is 13.1 Å². The van der Waals surface area contributed by atoms with E-state index < -0.39 is 0 Å². The van der Waals surface area contributed by atoms with Gasteiger partial charge in [0, 0.05) is 24.9 Å². The Labute approximate surface area is 97.8 Å². The summed E-state index contributed by atoms with van der Waals surface area (Å²) in [6.07, 6.45) is 6.57. The zero-order valence-corrected chi connectivity index (χ0v) is 10.2. The van der Waals surface area contributed by atoms with E-state index in [0.29, 0.717) is 11.8 Å². The lowest BCUT2D eigenvalue weighted by Gasteiger charge is -2.26. The number of hydrogen-bond acceptors (Lipinski definition) is 2. The molecule has 1 saturated carbocycles. The Morgan fingerprint density at radius 3 is 2.50 bits per heavy atom. The van der Waals surface area contributed by atoms with Crippen LogP contribution in [-0.4, -0.2) is 35.1 Å². The van der Waals surface area contributed by atoms with Gasteiger partial charge in [-0.05, 0) is 26.2 Å². The number of rotatable bonds is 2. The Morgan fingerprint density at radius 2 is 1.94 bits per heavy atom. The Morgan fingerprint density at radius 1 is 1.25 bits per heavy atom. The lowest BCUT2D eigenvalue weighted by Crippen LogP contribution is -2.36. The van der Waals surface area contributed by atoms with Gasteiger partial charge in [0.15, 0.2) is 0 Å². The molecule has 1 heterocycles. The summed E-state index contributed by atoms with van der Waals surface area (Å²) in [7, 11) is 0. The van der Waals surface area contributed by atoms with Crippen LogP contribution in [0.3, 0.4) is 0 Å². The molecule has 3 nitrogen and oxygen atoms in total. The molecule has 2 rings (SSSR count). The monoisotopic (exact) mass is 225 g/mol. The summed E-state index contributed by atoms with van der Waals surface area (Å²) >= 11 is 0. The fourth-order valence-corrected chi connectivity index (χ4v) is 2.99. The molecular weight excluding hydrogens is 202 g/mol. The minimum absolute atomic E-state index is 0.274. The molecule has 0 aromatic rings.